The number of ether oxygens (including phenoxy) is 1. The van der Waals surface area contributed by atoms with Gasteiger partial charge in [0.05, 0.1) is 6.61 Å². The van der Waals surface area contributed by atoms with Crippen molar-refractivity contribution in [2.45, 2.75) is 39.0 Å². The Kier molecular flexibility index (Phi) is 8.67. The van der Waals surface area contributed by atoms with Crippen LogP contribution in [0.2, 0.25) is 0 Å². The summed E-state index contributed by atoms with van der Waals surface area (Å²) < 4.78 is 5.51. The van der Waals surface area contributed by atoms with Gasteiger partial charge in [0.1, 0.15) is 0 Å². The Labute approximate surface area is 107 Å². The molecule has 0 amide bonds. The summed E-state index contributed by atoms with van der Waals surface area (Å²) >= 11 is 0. The number of hydrogen-bond donors (Lipinski definition) is 1. The molecule has 0 spiro atoms. The average molecular weight is 242 g/mol. The minimum Gasteiger partial charge on any atom is -0.381 e. The molecule has 17 heavy (non-hydrogen) atoms. The Hall–Kier alpha value is -0.120. The van der Waals surface area contributed by atoms with Crippen molar-refractivity contribution in [3.8, 4) is 0 Å². The lowest BCUT2D eigenvalue weighted by Crippen LogP contribution is -2.35. The molecule has 3 nitrogen and oxygen atoms in total. The molecule has 102 valence electrons. The van der Waals surface area contributed by atoms with Gasteiger partial charge in [-0.25, -0.2) is 0 Å². The van der Waals surface area contributed by atoms with Crippen molar-refractivity contribution in [1.82, 2.24) is 10.2 Å². The van der Waals surface area contributed by atoms with E-state index in [-0.39, 0.29) is 0 Å². The fourth-order valence-electron chi connectivity index (χ4n) is 2.38. The molecular formula is C14H30N2O. The van der Waals surface area contributed by atoms with Crippen molar-refractivity contribution in [2.24, 2.45) is 5.92 Å². The number of nitrogens with one attached hydrogen (secondary N) is 1. The van der Waals surface area contributed by atoms with Crippen LogP contribution in [0.5, 0.6) is 0 Å². The number of unbranched alkanes of at least 4 members (excludes halogenated alkanes) is 2. The molecule has 1 fully saturated rings. The molecule has 1 N–H and O–H groups in total. The van der Waals surface area contributed by atoms with Crippen LogP contribution in [0.25, 0.3) is 0 Å². The van der Waals surface area contributed by atoms with E-state index >= 15 is 0 Å². The molecule has 1 aliphatic heterocycles. The molecule has 1 rings (SSSR count). The van der Waals surface area contributed by atoms with E-state index in [0.717, 1.165) is 32.2 Å². The smallest absolute Gasteiger partial charge is 0.0506 e. The van der Waals surface area contributed by atoms with Crippen LogP contribution < -0.4 is 5.32 Å². The lowest BCUT2D eigenvalue weighted by Gasteiger charge is -2.27. The third kappa shape index (κ3) is 7.74. The maximum absolute atomic E-state index is 5.51. The van der Waals surface area contributed by atoms with Crippen LogP contribution in [0.15, 0.2) is 0 Å². The quantitative estimate of drug-likeness (QED) is 0.627. The monoisotopic (exact) mass is 242 g/mol. The van der Waals surface area contributed by atoms with Crippen LogP contribution in [-0.2, 0) is 4.74 Å². The summed E-state index contributed by atoms with van der Waals surface area (Å²) in [6.07, 6.45) is 6.56. The van der Waals surface area contributed by atoms with Crippen LogP contribution in [0.1, 0.15) is 39.0 Å². The summed E-state index contributed by atoms with van der Waals surface area (Å²) in [5, 5.41) is 3.52. The van der Waals surface area contributed by atoms with Gasteiger partial charge in [0.25, 0.3) is 0 Å². The largest absolute Gasteiger partial charge is 0.381 e. The predicted molar refractivity (Wildman–Crippen MR) is 73.4 cm³/mol. The molecule has 1 atom stereocenters. The number of hydrogen-bond acceptors (Lipinski definition) is 3. The molecule has 1 aliphatic rings. The van der Waals surface area contributed by atoms with Crippen LogP contribution in [0.3, 0.4) is 0 Å². The lowest BCUT2D eigenvalue weighted by molar-refractivity contribution is 0.0422. The molecule has 0 aromatic carbocycles. The Morgan fingerprint density at radius 2 is 2.18 bits per heavy atom. The van der Waals surface area contributed by atoms with Crippen LogP contribution in [0, 0.1) is 5.92 Å². The van der Waals surface area contributed by atoms with E-state index in [2.05, 4.69) is 24.2 Å². The minimum atomic E-state index is 0.758. The van der Waals surface area contributed by atoms with Gasteiger partial charge in [-0.3, -0.25) is 0 Å². The summed E-state index contributed by atoms with van der Waals surface area (Å²) in [5.41, 5.74) is 0. The molecule has 0 radical (unpaired) electrons. The lowest BCUT2D eigenvalue weighted by atomic mass is 10.0. The van der Waals surface area contributed by atoms with Crippen molar-refractivity contribution < 1.29 is 4.74 Å². The Bertz CT molecular complexity index is 170. The van der Waals surface area contributed by atoms with E-state index in [1.165, 1.54) is 45.2 Å². The molecule has 0 saturated carbocycles. The maximum atomic E-state index is 5.51. The summed E-state index contributed by atoms with van der Waals surface area (Å²) in [4.78, 5) is 2.44. The molecule has 0 aromatic rings. The SMILES string of the molecule is CCCCCNCCN(C)CC1CCCOC1. The zero-order chi connectivity index (χ0) is 12.3. The first-order valence-electron chi connectivity index (χ1n) is 7.30. The topological polar surface area (TPSA) is 24.5 Å². The highest BCUT2D eigenvalue weighted by molar-refractivity contribution is 4.67. The highest BCUT2D eigenvalue weighted by Gasteiger charge is 2.15. The second-order valence-corrected chi connectivity index (χ2v) is 5.30. The van der Waals surface area contributed by atoms with Gasteiger partial charge < -0.3 is 15.0 Å². The highest BCUT2D eigenvalue weighted by Crippen LogP contribution is 2.13. The molecule has 1 saturated heterocycles. The number of likely N-dealkylation sites (N-methyl/N-ethyl adjacent to an activating group) is 1. The van der Waals surface area contributed by atoms with Gasteiger partial charge in [-0.1, -0.05) is 19.8 Å². The normalized spacial score (nSPS) is 21.0. The van der Waals surface area contributed by atoms with Crippen molar-refractivity contribution in [2.75, 3.05) is 46.4 Å². The highest BCUT2D eigenvalue weighted by atomic mass is 16.5. The van der Waals surface area contributed by atoms with Crippen molar-refractivity contribution in [3.05, 3.63) is 0 Å². The molecule has 1 heterocycles. The number of rotatable bonds is 9. The molecule has 3 heteroatoms. The maximum Gasteiger partial charge on any atom is 0.0506 e. The van der Waals surface area contributed by atoms with Gasteiger partial charge in [-0.15, -0.1) is 0 Å². The van der Waals surface area contributed by atoms with Gasteiger partial charge in [0.2, 0.25) is 0 Å². The van der Waals surface area contributed by atoms with Crippen molar-refractivity contribution in [1.29, 1.82) is 0 Å². The van der Waals surface area contributed by atoms with E-state index in [0.29, 0.717) is 0 Å². The Balaban J connectivity index is 1.91. The molecule has 1 unspecified atom stereocenters. The van der Waals surface area contributed by atoms with Gasteiger partial charge >= 0.3 is 0 Å². The fourth-order valence-corrected chi connectivity index (χ4v) is 2.38. The van der Waals surface area contributed by atoms with E-state index in [9.17, 15) is 0 Å². The average Bonchev–Trinajstić information content (AvgIpc) is 2.35. The van der Waals surface area contributed by atoms with Gasteiger partial charge in [-0.2, -0.15) is 0 Å². The van der Waals surface area contributed by atoms with Crippen LogP contribution >= 0.6 is 0 Å². The zero-order valence-electron chi connectivity index (χ0n) is 11.7. The second kappa shape index (κ2) is 9.86. The fraction of sp³-hybridized carbons (Fsp3) is 1.00. The third-order valence-electron chi connectivity index (χ3n) is 3.45. The first kappa shape index (κ1) is 14.9. The summed E-state index contributed by atoms with van der Waals surface area (Å²) in [5.74, 6) is 0.758. The van der Waals surface area contributed by atoms with Crippen molar-refractivity contribution in [3.63, 3.8) is 0 Å². The minimum absolute atomic E-state index is 0.758. The van der Waals surface area contributed by atoms with Gasteiger partial charge in [0.15, 0.2) is 0 Å². The van der Waals surface area contributed by atoms with E-state index < -0.39 is 0 Å². The van der Waals surface area contributed by atoms with E-state index in [1.807, 2.05) is 0 Å². The van der Waals surface area contributed by atoms with Gasteiger partial charge in [0, 0.05) is 26.2 Å². The summed E-state index contributed by atoms with van der Waals surface area (Å²) in [6, 6.07) is 0. The summed E-state index contributed by atoms with van der Waals surface area (Å²) in [7, 11) is 2.22. The molecular weight excluding hydrogens is 212 g/mol. The van der Waals surface area contributed by atoms with Crippen molar-refractivity contribution >= 4 is 0 Å². The number of nitrogens with zero attached hydrogens (tertiary/aromatic N) is 1. The van der Waals surface area contributed by atoms with Gasteiger partial charge in [-0.05, 0) is 38.8 Å². The summed E-state index contributed by atoms with van der Waals surface area (Å²) in [6.45, 7) is 8.83. The van der Waals surface area contributed by atoms with Crippen LogP contribution in [0.4, 0.5) is 0 Å². The van der Waals surface area contributed by atoms with Crippen LogP contribution in [-0.4, -0.2) is 51.3 Å². The second-order valence-electron chi connectivity index (χ2n) is 5.30. The first-order chi connectivity index (χ1) is 8.33. The zero-order valence-corrected chi connectivity index (χ0v) is 11.7. The standard InChI is InChI=1S/C14H30N2O/c1-3-4-5-8-15-9-10-16(2)12-14-7-6-11-17-13-14/h14-15H,3-13H2,1-2H3. The first-order valence-corrected chi connectivity index (χ1v) is 7.30. The predicted octanol–water partition coefficient (Wildman–Crippen LogP) is 2.12. The Morgan fingerprint density at radius 3 is 2.88 bits per heavy atom. The molecule has 0 aliphatic carbocycles. The Morgan fingerprint density at radius 1 is 1.29 bits per heavy atom. The van der Waals surface area contributed by atoms with E-state index in [4.69, 9.17) is 4.74 Å². The third-order valence-corrected chi connectivity index (χ3v) is 3.45. The van der Waals surface area contributed by atoms with E-state index in [1.54, 1.807) is 0 Å². The molecule has 0 bridgehead atoms. The molecule has 0 aromatic heterocycles.